The van der Waals surface area contributed by atoms with E-state index < -0.39 is 0 Å². The van der Waals surface area contributed by atoms with E-state index in [1.54, 1.807) is 0 Å². The lowest BCUT2D eigenvalue weighted by atomic mass is 10.1. The quantitative estimate of drug-likeness (QED) is 0.210. The van der Waals surface area contributed by atoms with Crippen molar-refractivity contribution in [2.75, 3.05) is 47.5 Å². The van der Waals surface area contributed by atoms with Gasteiger partial charge < -0.3 is 25.0 Å². The number of guanidine groups is 1. The summed E-state index contributed by atoms with van der Waals surface area (Å²) in [5.74, 6) is 2.54. The van der Waals surface area contributed by atoms with Gasteiger partial charge in [0.05, 0.1) is 6.61 Å². The average Bonchev–Trinajstić information content (AvgIpc) is 3.47. The summed E-state index contributed by atoms with van der Waals surface area (Å²) in [6, 6.07) is 6.85. The van der Waals surface area contributed by atoms with E-state index in [9.17, 15) is 0 Å². The molecule has 1 aliphatic rings. The Hall–Kier alpha value is -1.06. The summed E-state index contributed by atoms with van der Waals surface area (Å²) < 4.78 is 11.3. The van der Waals surface area contributed by atoms with Gasteiger partial charge in [-0.3, -0.25) is 4.99 Å². The van der Waals surface area contributed by atoms with Gasteiger partial charge in [0.2, 0.25) is 0 Å². The molecule has 0 saturated heterocycles. The number of nitrogens with zero attached hydrogens (tertiary/aromatic N) is 2. The van der Waals surface area contributed by atoms with Crippen molar-refractivity contribution in [3.05, 3.63) is 29.3 Å². The fourth-order valence-corrected chi connectivity index (χ4v) is 3.15. The SMILES string of the molecule is CCOCCOc1cc(C)ccc1CNC(=NC)NCC(C1CC1)N(C)C.I. The molecule has 0 bridgehead atoms. The number of aryl methyl sites for hydroxylation is 1. The van der Waals surface area contributed by atoms with Crippen LogP contribution in [0.4, 0.5) is 0 Å². The Morgan fingerprint density at radius 1 is 1.25 bits per heavy atom. The summed E-state index contributed by atoms with van der Waals surface area (Å²) in [7, 11) is 6.11. The normalized spacial score (nSPS) is 15.1. The molecule has 1 fully saturated rings. The first-order chi connectivity index (χ1) is 13.0. The summed E-state index contributed by atoms with van der Waals surface area (Å²) in [6.07, 6.45) is 2.67. The maximum atomic E-state index is 5.92. The van der Waals surface area contributed by atoms with Gasteiger partial charge in [-0.1, -0.05) is 12.1 Å². The summed E-state index contributed by atoms with van der Waals surface area (Å²) in [5.41, 5.74) is 2.30. The number of likely N-dealkylation sites (N-methyl/N-ethyl adjacent to an activating group) is 1. The topological polar surface area (TPSA) is 58.1 Å². The Labute approximate surface area is 187 Å². The van der Waals surface area contributed by atoms with Gasteiger partial charge in [-0.15, -0.1) is 24.0 Å². The second-order valence-corrected chi connectivity index (χ2v) is 7.33. The number of rotatable bonds is 11. The van der Waals surface area contributed by atoms with E-state index in [1.165, 1.54) is 18.4 Å². The van der Waals surface area contributed by atoms with Crippen molar-refractivity contribution in [2.45, 2.75) is 39.3 Å². The molecule has 0 heterocycles. The Morgan fingerprint density at radius 3 is 2.61 bits per heavy atom. The van der Waals surface area contributed by atoms with Crippen molar-refractivity contribution in [1.82, 2.24) is 15.5 Å². The van der Waals surface area contributed by atoms with E-state index in [0.29, 0.717) is 32.4 Å². The highest BCUT2D eigenvalue weighted by Crippen LogP contribution is 2.34. The van der Waals surface area contributed by atoms with Gasteiger partial charge in [-0.05, 0) is 58.3 Å². The first kappa shape index (κ1) is 25.0. The van der Waals surface area contributed by atoms with Gasteiger partial charge in [-0.2, -0.15) is 0 Å². The molecular formula is C21H37IN4O2. The number of hydrogen-bond acceptors (Lipinski definition) is 4. The average molecular weight is 504 g/mol. The fourth-order valence-electron chi connectivity index (χ4n) is 3.15. The minimum atomic E-state index is 0. The molecule has 1 aliphatic carbocycles. The smallest absolute Gasteiger partial charge is 0.191 e. The number of nitrogens with one attached hydrogen (secondary N) is 2. The predicted molar refractivity (Wildman–Crippen MR) is 127 cm³/mol. The van der Waals surface area contributed by atoms with E-state index in [1.807, 2.05) is 14.0 Å². The minimum absolute atomic E-state index is 0. The molecule has 0 amide bonds. The monoisotopic (exact) mass is 504 g/mol. The van der Waals surface area contributed by atoms with Crippen molar-refractivity contribution in [2.24, 2.45) is 10.9 Å². The van der Waals surface area contributed by atoms with Crippen molar-refractivity contribution < 1.29 is 9.47 Å². The van der Waals surface area contributed by atoms with Crippen LogP contribution in [0.25, 0.3) is 0 Å². The number of hydrogen-bond donors (Lipinski definition) is 2. The van der Waals surface area contributed by atoms with Crippen LogP contribution in [0.1, 0.15) is 30.9 Å². The molecule has 160 valence electrons. The molecule has 0 aliphatic heterocycles. The third-order valence-corrected chi connectivity index (χ3v) is 4.89. The molecule has 0 aromatic heterocycles. The van der Waals surface area contributed by atoms with Crippen LogP contribution in [0.3, 0.4) is 0 Å². The van der Waals surface area contributed by atoms with Crippen LogP contribution >= 0.6 is 24.0 Å². The molecule has 1 aromatic rings. The molecular weight excluding hydrogens is 467 g/mol. The van der Waals surface area contributed by atoms with Crippen LogP contribution in [-0.4, -0.2) is 64.4 Å². The van der Waals surface area contributed by atoms with Crippen LogP contribution in [0.2, 0.25) is 0 Å². The fraction of sp³-hybridized carbons (Fsp3) is 0.667. The third-order valence-electron chi connectivity index (χ3n) is 4.89. The van der Waals surface area contributed by atoms with E-state index in [0.717, 1.165) is 29.7 Å². The summed E-state index contributed by atoms with van der Waals surface area (Å²) in [5, 5.41) is 6.88. The van der Waals surface area contributed by atoms with Crippen molar-refractivity contribution in [3.63, 3.8) is 0 Å². The second kappa shape index (κ2) is 13.2. The van der Waals surface area contributed by atoms with E-state index in [4.69, 9.17) is 9.47 Å². The first-order valence-corrected chi connectivity index (χ1v) is 9.96. The van der Waals surface area contributed by atoms with Crippen LogP contribution in [0, 0.1) is 12.8 Å². The molecule has 28 heavy (non-hydrogen) atoms. The Balaban J connectivity index is 0.00000392. The molecule has 0 spiro atoms. The number of halogens is 1. The summed E-state index contributed by atoms with van der Waals surface area (Å²) >= 11 is 0. The van der Waals surface area contributed by atoms with Gasteiger partial charge >= 0.3 is 0 Å². The maximum absolute atomic E-state index is 5.92. The van der Waals surface area contributed by atoms with Gasteiger partial charge in [0.1, 0.15) is 12.4 Å². The minimum Gasteiger partial charge on any atom is -0.491 e. The van der Waals surface area contributed by atoms with Crippen molar-refractivity contribution in [1.29, 1.82) is 0 Å². The molecule has 1 unspecified atom stereocenters. The van der Waals surface area contributed by atoms with Crippen LogP contribution in [0.15, 0.2) is 23.2 Å². The number of benzene rings is 1. The first-order valence-electron chi connectivity index (χ1n) is 9.96. The highest BCUT2D eigenvalue weighted by Gasteiger charge is 2.32. The van der Waals surface area contributed by atoms with Crippen LogP contribution < -0.4 is 15.4 Å². The zero-order valence-electron chi connectivity index (χ0n) is 18.0. The molecule has 7 heteroatoms. The van der Waals surface area contributed by atoms with Gasteiger partial charge in [0.15, 0.2) is 5.96 Å². The van der Waals surface area contributed by atoms with Crippen LogP contribution in [0.5, 0.6) is 5.75 Å². The molecule has 0 radical (unpaired) electrons. The predicted octanol–water partition coefficient (Wildman–Crippen LogP) is 3.03. The number of aliphatic imine (C=N–C) groups is 1. The van der Waals surface area contributed by atoms with Crippen molar-refractivity contribution >= 4 is 29.9 Å². The molecule has 2 N–H and O–H groups in total. The van der Waals surface area contributed by atoms with E-state index >= 15 is 0 Å². The Bertz CT molecular complexity index is 604. The lowest BCUT2D eigenvalue weighted by molar-refractivity contribution is 0.110. The maximum Gasteiger partial charge on any atom is 0.191 e. The largest absolute Gasteiger partial charge is 0.491 e. The molecule has 1 saturated carbocycles. The molecule has 2 rings (SSSR count). The van der Waals surface area contributed by atoms with E-state index in [-0.39, 0.29) is 24.0 Å². The van der Waals surface area contributed by atoms with Gasteiger partial charge in [0, 0.05) is 38.3 Å². The lowest BCUT2D eigenvalue weighted by Crippen LogP contribution is -2.45. The Morgan fingerprint density at radius 2 is 2.00 bits per heavy atom. The lowest BCUT2D eigenvalue weighted by Gasteiger charge is -2.25. The third kappa shape index (κ3) is 8.53. The standard InChI is InChI=1S/C21H36N4O2.HI/c1-6-26-11-12-27-20-13-16(2)7-8-18(20)14-23-21(22-3)24-15-19(25(4)5)17-9-10-17;/h7-8,13,17,19H,6,9-12,14-15H2,1-5H3,(H2,22,23,24);1H. The summed E-state index contributed by atoms with van der Waals surface area (Å²) in [6.45, 7) is 7.51. The van der Waals surface area contributed by atoms with Crippen molar-refractivity contribution in [3.8, 4) is 5.75 Å². The van der Waals surface area contributed by atoms with Gasteiger partial charge in [-0.25, -0.2) is 0 Å². The highest BCUT2D eigenvalue weighted by atomic mass is 127. The second-order valence-electron chi connectivity index (χ2n) is 7.33. The Kier molecular flexibility index (Phi) is 11.8. The highest BCUT2D eigenvalue weighted by molar-refractivity contribution is 14.0. The van der Waals surface area contributed by atoms with Gasteiger partial charge in [0.25, 0.3) is 0 Å². The zero-order chi connectivity index (χ0) is 19.6. The molecule has 1 aromatic carbocycles. The summed E-state index contributed by atoms with van der Waals surface area (Å²) in [4.78, 5) is 6.67. The van der Waals surface area contributed by atoms with Crippen LogP contribution in [-0.2, 0) is 11.3 Å². The molecule has 1 atom stereocenters. The van der Waals surface area contributed by atoms with E-state index in [2.05, 4.69) is 59.7 Å². The zero-order valence-corrected chi connectivity index (χ0v) is 20.3. The number of ether oxygens (including phenoxy) is 2. The molecule has 6 nitrogen and oxygen atoms in total.